The van der Waals surface area contributed by atoms with Crippen LogP contribution in [0.1, 0.15) is 23.0 Å². The highest BCUT2D eigenvalue weighted by molar-refractivity contribution is 6.31. The van der Waals surface area contributed by atoms with Gasteiger partial charge in [0.15, 0.2) is 0 Å². The summed E-state index contributed by atoms with van der Waals surface area (Å²) in [6, 6.07) is 4.27. The number of carbonyl (C=O) groups is 2. The van der Waals surface area contributed by atoms with Crippen LogP contribution in [0.25, 0.3) is 11.0 Å². The minimum absolute atomic E-state index is 0.198. The average molecular weight is 458 g/mol. The number of amides is 2. The van der Waals surface area contributed by atoms with Gasteiger partial charge in [-0.1, -0.05) is 11.6 Å². The Bertz CT molecular complexity index is 1160. The third-order valence-corrected chi connectivity index (χ3v) is 5.85. The number of hydrogen-bond donors (Lipinski definition) is 2. The molecule has 0 spiro atoms. The number of nitrogens with one attached hydrogen (secondary N) is 2. The third-order valence-electron chi connectivity index (χ3n) is 5.64. The minimum atomic E-state index is -0.815. The Hall–Kier alpha value is -3.17. The van der Waals surface area contributed by atoms with E-state index in [9.17, 15) is 9.59 Å². The van der Waals surface area contributed by atoms with E-state index in [0.717, 1.165) is 0 Å². The fraction of sp³-hybridized carbons (Fsp3) is 0.364. The van der Waals surface area contributed by atoms with Gasteiger partial charge in [0.2, 0.25) is 5.91 Å². The van der Waals surface area contributed by atoms with Gasteiger partial charge in [0.05, 0.1) is 30.8 Å². The van der Waals surface area contributed by atoms with Crippen molar-refractivity contribution in [2.24, 2.45) is 0 Å². The van der Waals surface area contributed by atoms with Crippen molar-refractivity contribution in [3.05, 3.63) is 53.1 Å². The Morgan fingerprint density at radius 3 is 2.81 bits per heavy atom. The number of hydrogen-bond acceptors (Lipinski definition) is 6. The Kier molecular flexibility index (Phi) is 6.03. The second-order valence-corrected chi connectivity index (χ2v) is 8.48. The molecule has 0 saturated carbocycles. The van der Waals surface area contributed by atoms with E-state index in [0.29, 0.717) is 40.5 Å². The second-order valence-electron chi connectivity index (χ2n) is 8.04. The Labute approximate surface area is 190 Å². The smallest absolute Gasteiger partial charge is 0.268 e. The lowest BCUT2D eigenvalue weighted by atomic mass is 9.94. The van der Waals surface area contributed by atoms with Crippen LogP contribution in [0.5, 0.6) is 5.75 Å². The van der Waals surface area contributed by atoms with Gasteiger partial charge in [-0.15, -0.1) is 0 Å². The molecule has 1 fully saturated rings. The molecule has 4 rings (SSSR count). The molecule has 1 saturated heterocycles. The second kappa shape index (κ2) is 8.76. The minimum Gasteiger partial charge on any atom is -0.496 e. The van der Waals surface area contributed by atoms with Gasteiger partial charge in [0.1, 0.15) is 23.1 Å². The number of ether oxygens (including phenoxy) is 2. The van der Waals surface area contributed by atoms with E-state index in [1.165, 1.54) is 6.20 Å². The van der Waals surface area contributed by atoms with Crippen LogP contribution < -0.4 is 10.1 Å². The molecule has 0 aromatic carbocycles. The molecular weight excluding hydrogens is 434 g/mol. The van der Waals surface area contributed by atoms with E-state index >= 15 is 0 Å². The summed E-state index contributed by atoms with van der Waals surface area (Å²) in [6.07, 6.45) is 4.97. The van der Waals surface area contributed by atoms with E-state index in [1.54, 1.807) is 49.7 Å². The normalized spacial score (nSPS) is 15.8. The number of halogens is 1. The van der Waals surface area contributed by atoms with Crippen LogP contribution in [-0.2, 0) is 16.0 Å². The highest BCUT2D eigenvalue weighted by Crippen LogP contribution is 2.26. The van der Waals surface area contributed by atoms with Crippen molar-refractivity contribution in [1.82, 2.24) is 25.2 Å². The molecule has 0 radical (unpaired) electrons. The fourth-order valence-corrected chi connectivity index (χ4v) is 3.97. The van der Waals surface area contributed by atoms with Crippen LogP contribution in [0.15, 0.2) is 36.8 Å². The van der Waals surface area contributed by atoms with Crippen molar-refractivity contribution in [3.63, 3.8) is 0 Å². The van der Waals surface area contributed by atoms with Crippen molar-refractivity contribution >= 4 is 34.4 Å². The van der Waals surface area contributed by atoms with Crippen LogP contribution >= 0.6 is 11.6 Å². The van der Waals surface area contributed by atoms with Gasteiger partial charge in [-0.25, -0.2) is 4.98 Å². The van der Waals surface area contributed by atoms with E-state index in [-0.39, 0.29) is 23.6 Å². The fourth-order valence-electron chi connectivity index (χ4n) is 3.80. The third kappa shape index (κ3) is 4.39. The molecule has 2 amide bonds. The number of aromatic nitrogens is 3. The number of fused-ring (bicyclic) bond motifs is 1. The Morgan fingerprint density at radius 2 is 2.09 bits per heavy atom. The zero-order valence-corrected chi connectivity index (χ0v) is 18.8. The van der Waals surface area contributed by atoms with Gasteiger partial charge in [0.25, 0.3) is 5.91 Å². The molecule has 0 aliphatic carbocycles. The Balaban J connectivity index is 1.57. The van der Waals surface area contributed by atoms with Crippen molar-refractivity contribution in [3.8, 4) is 5.75 Å². The lowest BCUT2D eigenvalue weighted by molar-refractivity contribution is -0.159. The number of H-pyrrole nitrogens is 1. The molecule has 3 aromatic heterocycles. The highest BCUT2D eigenvalue weighted by atomic mass is 35.5. The number of likely N-dealkylation sites (tertiary alicyclic amines) is 1. The lowest BCUT2D eigenvalue weighted by Gasteiger charge is -2.47. The summed E-state index contributed by atoms with van der Waals surface area (Å²) in [4.78, 5) is 39.3. The van der Waals surface area contributed by atoms with Crippen molar-refractivity contribution in [2.75, 3.05) is 27.3 Å². The first-order valence-electron chi connectivity index (χ1n) is 10.1. The van der Waals surface area contributed by atoms with E-state index < -0.39 is 11.9 Å². The van der Waals surface area contributed by atoms with Crippen molar-refractivity contribution in [1.29, 1.82) is 0 Å². The maximum absolute atomic E-state index is 13.3. The molecule has 2 N–H and O–H groups in total. The van der Waals surface area contributed by atoms with E-state index in [2.05, 4.69) is 20.3 Å². The molecule has 1 aliphatic rings. The number of carbonyl (C=O) groups excluding carboxylic acids is 2. The quantitative estimate of drug-likeness (QED) is 0.563. The number of methoxy groups -OCH3 is 2. The summed E-state index contributed by atoms with van der Waals surface area (Å²) in [5.74, 6) is -0.0201. The molecule has 1 atom stereocenters. The maximum Gasteiger partial charge on any atom is 0.268 e. The number of aromatic amines is 1. The SMILES string of the molecule is COc1ccncc1CC(NC(=O)c1cc2cc(Cl)cnc2[nH]1)C(=O)N1CC(C)(OC)C1. The van der Waals surface area contributed by atoms with Crippen molar-refractivity contribution in [2.45, 2.75) is 25.0 Å². The summed E-state index contributed by atoms with van der Waals surface area (Å²) in [5, 5.41) is 4.03. The summed E-state index contributed by atoms with van der Waals surface area (Å²) in [7, 11) is 3.17. The molecular formula is C22H24ClN5O4. The lowest BCUT2D eigenvalue weighted by Crippen LogP contribution is -2.66. The monoisotopic (exact) mass is 457 g/mol. The van der Waals surface area contributed by atoms with Gasteiger partial charge in [-0.3, -0.25) is 14.6 Å². The zero-order chi connectivity index (χ0) is 22.9. The molecule has 0 bridgehead atoms. The standard InChI is InChI=1S/C22H24ClN5O4/c1-22(32-3)11-28(12-22)21(30)17(8-14-9-24-5-4-18(14)31-2)27-20(29)16-7-13-6-15(23)10-25-19(13)26-16/h4-7,9-10,17H,8,11-12H2,1-3H3,(H,25,26)(H,27,29). The zero-order valence-electron chi connectivity index (χ0n) is 18.0. The van der Waals surface area contributed by atoms with Gasteiger partial charge in [-0.05, 0) is 25.1 Å². The molecule has 32 heavy (non-hydrogen) atoms. The molecule has 1 unspecified atom stereocenters. The van der Waals surface area contributed by atoms with E-state index in [4.69, 9.17) is 21.1 Å². The first-order chi connectivity index (χ1) is 15.3. The maximum atomic E-state index is 13.3. The van der Waals surface area contributed by atoms with Gasteiger partial charge in [-0.2, -0.15) is 0 Å². The predicted octanol–water partition coefficient (Wildman–Crippen LogP) is 2.21. The van der Waals surface area contributed by atoms with Crippen LogP contribution in [-0.4, -0.2) is 70.6 Å². The number of pyridine rings is 2. The number of rotatable bonds is 7. The Morgan fingerprint density at radius 1 is 1.31 bits per heavy atom. The van der Waals surface area contributed by atoms with Crippen LogP contribution in [0.2, 0.25) is 5.02 Å². The van der Waals surface area contributed by atoms with Crippen molar-refractivity contribution < 1.29 is 19.1 Å². The molecule has 3 aromatic rings. The van der Waals surface area contributed by atoms with E-state index in [1.807, 2.05) is 6.92 Å². The molecule has 9 nitrogen and oxygen atoms in total. The van der Waals surface area contributed by atoms with Gasteiger partial charge >= 0.3 is 0 Å². The number of nitrogens with zero attached hydrogens (tertiary/aromatic N) is 3. The average Bonchev–Trinajstić information content (AvgIpc) is 3.19. The van der Waals surface area contributed by atoms with Gasteiger partial charge < -0.3 is 24.7 Å². The summed E-state index contributed by atoms with van der Waals surface area (Å²) in [5.41, 5.74) is 1.16. The predicted molar refractivity (Wildman–Crippen MR) is 119 cm³/mol. The van der Waals surface area contributed by atoms with Crippen LogP contribution in [0.3, 0.4) is 0 Å². The van der Waals surface area contributed by atoms with Crippen LogP contribution in [0, 0.1) is 0 Å². The molecule has 168 valence electrons. The highest BCUT2D eigenvalue weighted by Gasteiger charge is 2.43. The first-order valence-corrected chi connectivity index (χ1v) is 10.5. The largest absolute Gasteiger partial charge is 0.496 e. The first kappa shape index (κ1) is 22.0. The van der Waals surface area contributed by atoms with Gasteiger partial charge in [0, 0.05) is 43.1 Å². The summed E-state index contributed by atoms with van der Waals surface area (Å²) < 4.78 is 10.8. The molecule has 10 heteroatoms. The summed E-state index contributed by atoms with van der Waals surface area (Å²) >= 11 is 5.99. The topological polar surface area (TPSA) is 109 Å². The molecule has 1 aliphatic heterocycles. The van der Waals surface area contributed by atoms with Crippen LogP contribution in [0.4, 0.5) is 0 Å². The molecule has 4 heterocycles. The summed E-state index contributed by atoms with van der Waals surface area (Å²) in [6.45, 7) is 2.85.